The van der Waals surface area contributed by atoms with Crippen LogP contribution >= 0.6 is 0 Å². The van der Waals surface area contributed by atoms with Crippen LogP contribution in [0.3, 0.4) is 0 Å². The zero-order valence-electron chi connectivity index (χ0n) is 15.7. The van der Waals surface area contributed by atoms with E-state index >= 15 is 0 Å². The standard InChI is InChI=1S/C22H20N2O5/c1-12(25)23-13-8-10-14(11-9-13)29-22(28)18-7-3-5-16-15-4-2-6-17(15)20(21(26)27)24-19(16)18/h2-5,7-11,15,17,20,24H,6H2,1H3,(H,23,25)(H,26,27)/t15-,17-,20+/m1/s1. The summed E-state index contributed by atoms with van der Waals surface area (Å²) in [6.07, 6.45) is 4.68. The number of esters is 1. The molecule has 0 spiro atoms. The first-order valence-electron chi connectivity index (χ1n) is 9.33. The third-order valence-corrected chi connectivity index (χ3v) is 5.27. The third-order valence-electron chi connectivity index (χ3n) is 5.27. The molecule has 0 bridgehead atoms. The highest BCUT2D eigenvalue weighted by atomic mass is 16.5. The van der Waals surface area contributed by atoms with Crippen LogP contribution in [-0.2, 0) is 9.59 Å². The first-order chi connectivity index (χ1) is 13.9. The van der Waals surface area contributed by atoms with Gasteiger partial charge in [-0.25, -0.2) is 9.59 Å². The Morgan fingerprint density at radius 1 is 1.14 bits per heavy atom. The number of fused-ring (bicyclic) bond motifs is 3. The molecule has 7 nitrogen and oxygen atoms in total. The second-order valence-electron chi connectivity index (χ2n) is 7.18. The maximum atomic E-state index is 12.8. The predicted molar refractivity (Wildman–Crippen MR) is 107 cm³/mol. The van der Waals surface area contributed by atoms with E-state index in [1.165, 1.54) is 6.92 Å². The van der Waals surface area contributed by atoms with Gasteiger partial charge in [0.2, 0.25) is 5.91 Å². The summed E-state index contributed by atoms with van der Waals surface area (Å²) in [4.78, 5) is 35.7. The number of carbonyl (C=O) groups excluding carboxylic acids is 2. The Morgan fingerprint density at radius 2 is 1.90 bits per heavy atom. The fourth-order valence-electron chi connectivity index (χ4n) is 4.01. The van der Waals surface area contributed by atoms with Crippen molar-refractivity contribution in [3.05, 3.63) is 65.7 Å². The number of amides is 1. The molecule has 1 aliphatic heterocycles. The fourth-order valence-corrected chi connectivity index (χ4v) is 4.01. The van der Waals surface area contributed by atoms with Crippen molar-refractivity contribution in [1.82, 2.24) is 0 Å². The molecule has 3 atom stereocenters. The molecule has 0 fully saturated rings. The van der Waals surface area contributed by atoms with Crippen LogP contribution in [0.25, 0.3) is 0 Å². The molecule has 7 heteroatoms. The molecule has 4 rings (SSSR count). The number of carboxylic acid groups (broad SMARTS) is 1. The maximum Gasteiger partial charge on any atom is 0.345 e. The van der Waals surface area contributed by atoms with E-state index in [9.17, 15) is 19.5 Å². The summed E-state index contributed by atoms with van der Waals surface area (Å²) in [5.74, 6) is -1.50. The molecule has 0 saturated heterocycles. The number of carbonyl (C=O) groups is 3. The highest BCUT2D eigenvalue weighted by Crippen LogP contribution is 2.45. The zero-order chi connectivity index (χ0) is 20.5. The summed E-state index contributed by atoms with van der Waals surface area (Å²) >= 11 is 0. The predicted octanol–water partition coefficient (Wildman–Crippen LogP) is 3.40. The molecular formula is C22H20N2O5. The molecule has 29 heavy (non-hydrogen) atoms. The lowest BCUT2D eigenvalue weighted by Gasteiger charge is -2.35. The van der Waals surface area contributed by atoms with Gasteiger partial charge in [-0.1, -0.05) is 24.3 Å². The van der Waals surface area contributed by atoms with Gasteiger partial charge in [0.1, 0.15) is 11.8 Å². The number of aliphatic carboxylic acids is 1. The van der Waals surface area contributed by atoms with E-state index in [0.717, 1.165) is 5.56 Å². The van der Waals surface area contributed by atoms with E-state index < -0.39 is 18.0 Å². The number of nitrogens with one attached hydrogen (secondary N) is 2. The van der Waals surface area contributed by atoms with Gasteiger partial charge in [0.05, 0.1) is 11.3 Å². The van der Waals surface area contributed by atoms with Crippen LogP contribution in [0.1, 0.15) is 35.2 Å². The molecule has 1 heterocycles. The van der Waals surface area contributed by atoms with Gasteiger partial charge in [0.25, 0.3) is 0 Å². The van der Waals surface area contributed by atoms with Crippen molar-refractivity contribution in [3.8, 4) is 5.75 Å². The Kier molecular flexibility index (Phi) is 4.80. The number of carboxylic acids is 1. The molecule has 1 amide bonds. The molecule has 0 aromatic heterocycles. The largest absolute Gasteiger partial charge is 0.480 e. The van der Waals surface area contributed by atoms with Gasteiger partial charge in [-0.2, -0.15) is 0 Å². The third kappa shape index (κ3) is 3.59. The number of anilines is 2. The summed E-state index contributed by atoms with van der Waals surface area (Å²) in [5.41, 5.74) is 2.29. The molecule has 148 valence electrons. The minimum Gasteiger partial charge on any atom is -0.480 e. The van der Waals surface area contributed by atoms with Gasteiger partial charge >= 0.3 is 11.9 Å². The summed E-state index contributed by atoms with van der Waals surface area (Å²) < 4.78 is 5.48. The van der Waals surface area contributed by atoms with Crippen molar-refractivity contribution in [1.29, 1.82) is 0 Å². The van der Waals surface area contributed by atoms with E-state index in [1.54, 1.807) is 36.4 Å². The average Bonchev–Trinajstić information content (AvgIpc) is 3.18. The van der Waals surface area contributed by atoms with E-state index in [0.29, 0.717) is 29.1 Å². The molecule has 2 aromatic rings. The minimum atomic E-state index is -0.939. The van der Waals surface area contributed by atoms with Gasteiger partial charge in [0.15, 0.2) is 0 Å². The van der Waals surface area contributed by atoms with Gasteiger partial charge in [-0.3, -0.25) is 4.79 Å². The van der Waals surface area contributed by atoms with Crippen molar-refractivity contribution in [2.24, 2.45) is 5.92 Å². The number of allylic oxidation sites excluding steroid dienone is 2. The molecule has 0 radical (unpaired) electrons. The highest BCUT2D eigenvalue weighted by molar-refractivity contribution is 5.99. The number of ether oxygens (including phenoxy) is 1. The number of hydrogen-bond donors (Lipinski definition) is 3. The fraction of sp³-hybridized carbons (Fsp3) is 0.227. The number of para-hydroxylation sites is 1. The van der Waals surface area contributed by atoms with Crippen molar-refractivity contribution in [3.63, 3.8) is 0 Å². The van der Waals surface area contributed by atoms with Crippen molar-refractivity contribution in [2.45, 2.75) is 25.3 Å². The average molecular weight is 392 g/mol. The first kappa shape index (κ1) is 18.7. The summed E-state index contributed by atoms with van der Waals surface area (Å²) in [5, 5.41) is 15.3. The number of hydrogen-bond acceptors (Lipinski definition) is 5. The second-order valence-corrected chi connectivity index (χ2v) is 7.18. The van der Waals surface area contributed by atoms with Crippen molar-refractivity contribution in [2.75, 3.05) is 10.6 Å². The molecule has 0 saturated carbocycles. The van der Waals surface area contributed by atoms with Gasteiger partial charge in [0, 0.05) is 24.4 Å². The summed E-state index contributed by atoms with van der Waals surface area (Å²) in [6.45, 7) is 1.41. The molecule has 1 aliphatic carbocycles. The van der Waals surface area contributed by atoms with E-state index in [1.807, 2.05) is 18.2 Å². The molecule has 2 aliphatic rings. The maximum absolute atomic E-state index is 12.8. The molecular weight excluding hydrogens is 372 g/mol. The quantitative estimate of drug-likeness (QED) is 0.418. The normalized spacial score (nSPS) is 21.5. The molecule has 3 N–H and O–H groups in total. The summed E-state index contributed by atoms with van der Waals surface area (Å²) in [7, 11) is 0. The summed E-state index contributed by atoms with van der Waals surface area (Å²) in [6, 6.07) is 11.0. The highest BCUT2D eigenvalue weighted by Gasteiger charge is 2.42. The van der Waals surface area contributed by atoms with Gasteiger partial charge in [-0.15, -0.1) is 0 Å². The van der Waals surface area contributed by atoms with Crippen LogP contribution in [0.2, 0.25) is 0 Å². The van der Waals surface area contributed by atoms with E-state index in [-0.39, 0.29) is 17.7 Å². The SMILES string of the molecule is CC(=O)Nc1ccc(OC(=O)c2cccc3c2N[C@H](C(=O)O)[C@@H]2CC=C[C@H]32)cc1. The lowest BCUT2D eigenvalue weighted by molar-refractivity contribution is -0.139. The van der Waals surface area contributed by atoms with Gasteiger partial charge in [-0.05, 0) is 42.3 Å². The number of benzene rings is 2. The Bertz CT molecular complexity index is 1010. The Morgan fingerprint density at radius 3 is 2.59 bits per heavy atom. The van der Waals surface area contributed by atoms with Gasteiger partial charge < -0.3 is 20.5 Å². The minimum absolute atomic E-state index is 0.0444. The molecule has 2 aromatic carbocycles. The Balaban J connectivity index is 1.60. The van der Waals surface area contributed by atoms with Crippen molar-refractivity contribution < 1.29 is 24.2 Å². The topological polar surface area (TPSA) is 105 Å². The Labute approximate surface area is 167 Å². The van der Waals surface area contributed by atoms with Crippen LogP contribution in [0.4, 0.5) is 11.4 Å². The second kappa shape index (κ2) is 7.43. The Hall–Kier alpha value is -3.61. The lowest BCUT2D eigenvalue weighted by Crippen LogP contribution is -2.42. The lowest BCUT2D eigenvalue weighted by atomic mass is 9.78. The zero-order valence-corrected chi connectivity index (χ0v) is 15.7. The van der Waals surface area contributed by atoms with E-state index in [2.05, 4.69) is 10.6 Å². The van der Waals surface area contributed by atoms with Crippen LogP contribution in [0.5, 0.6) is 5.75 Å². The molecule has 0 unspecified atom stereocenters. The van der Waals surface area contributed by atoms with Crippen LogP contribution in [0.15, 0.2) is 54.6 Å². The smallest absolute Gasteiger partial charge is 0.345 e. The van der Waals surface area contributed by atoms with E-state index in [4.69, 9.17) is 4.74 Å². The monoisotopic (exact) mass is 392 g/mol. The van der Waals surface area contributed by atoms with Crippen LogP contribution in [0, 0.1) is 5.92 Å². The van der Waals surface area contributed by atoms with Crippen LogP contribution < -0.4 is 15.4 Å². The van der Waals surface area contributed by atoms with Crippen molar-refractivity contribution >= 4 is 29.2 Å². The van der Waals surface area contributed by atoms with Crippen LogP contribution in [-0.4, -0.2) is 29.0 Å². The number of rotatable bonds is 4. The first-order valence-corrected chi connectivity index (χ1v) is 9.33.